The largest absolute Gasteiger partial charge is 0.379 e. The van der Waals surface area contributed by atoms with Crippen LogP contribution >= 0.6 is 35.0 Å². The topological polar surface area (TPSA) is 85.2 Å². The zero-order chi connectivity index (χ0) is 26.4. The van der Waals surface area contributed by atoms with Crippen molar-refractivity contribution in [1.82, 2.24) is 25.1 Å². The summed E-state index contributed by atoms with van der Waals surface area (Å²) in [5, 5.41) is 16.1. The molecule has 2 heterocycles. The van der Waals surface area contributed by atoms with Gasteiger partial charge in [-0.15, -0.1) is 5.10 Å². The van der Waals surface area contributed by atoms with Crippen molar-refractivity contribution in [3.8, 4) is 17.5 Å². The highest BCUT2D eigenvalue weighted by molar-refractivity contribution is 7.99. The van der Waals surface area contributed by atoms with E-state index in [-0.39, 0.29) is 17.1 Å². The van der Waals surface area contributed by atoms with Crippen molar-refractivity contribution >= 4 is 46.6 Å². The molecule has 1 aliphatic rings. The molecular weight excluding hydrogens is 531 g/mol. The van der Waals surface area contributed by atoms with Gasteiger partial charge in [-0.05, 0) is 51.7 Å². The summed E-state index contributed by atoms with van der Waals surface area (Å²) in [5.74, 6) is 6.15. The van der Waals surface area contributed by atoms with Gasteiger partial charge in [-0.3, -0.25) is 9.69 Å². The van der Waals surface area contributed by atoms with Gasteiger partial charge in [-0.1, -0.05) is 73.6 Å². The third-order valence-corrected chi connectivity index (χ3v) is 7.23. The Morgan fingerprint density at radius 2 is 1.92 bits per heavy atom. The third kappa shape index (κ3) is 7.46. The Labute approximate surface area is 231 Å². The standard InChI is InChI=1S/C26H28Cl2N6O2S/c1-26(2,3)19-7-9-23(21(28)16-19)34-25(30-31-32-34)37-17-24(35)29-22-8-6-18(15-20(22)27)5-4-10-33-11-13-36-14-12-33/h6-9,15-16H,10-14,17H2,1-3H3,(H,29,35). The molecule has 3 aromatic rings. The molecule has 1 aliphatic heterocycles. The van der Waals surface area contributed by atoms with Gasteiger partial charge in [0.1, 0.15) is 0 Å². The maximum atomic E-state index is 12.6. The molecule has 194 valence electrons. The molecule has 1 aromatic heterocycles. The second-order valence-electron chi connectivity index (χ2n) is 9.51. The lowest BCUT2D eigenvalue weighted by atomic mass is 9.87. The van der Waals surface area contributed by atoms with E-state index in [0.29, 0.717) is 33.1 Å². The number of thioether (sulfide) groups is 1. The van der Waals surface area contributed by atoms with E-state index in [9.17, 15) is 4.79 Å². The summed E-state index contributed by atoms with van der Waals surface area (Å²) in [5.41, 5.74) is 3.03. The van der Waals surface area contributed by atoms with Crippen molar-refractivity contribution in [3.05, 3.63) is 57.6 Å². The first kappa shape index (κ1) is 27.4. The minimum Gasteiger partial charge on any atom is -0.379 e. The molecule has 0 radical (unpaired) electrons. The van der Waals surface area contributed by atoms with Crippen molar-refractivity contribution in [1.29, 1.82) is 0 Å². The van der Waals surface area contributed by atoms with Crippen LogP contribution in [0.2, 0.25) is 10.0 Å². The first-order valence-electron chi connectivity index (χ1n) is 11.8. The predicted octanol–water partition coefficient (Wildman–Crippen LogP) is 4.68. The highest BCUT2D eigenvalue weighted by atomic mass is 35.5. The van der Waals surface area contributed by atoms with Gasteiger partial charge in [0, 0.05) is 18.7 Å². The number of nitrogens with zero attached hydrogens (tertiary/aromatic N) is 5. The number of hydrogen-bond donors (Lipinski definition) is 1. The number of benzene rings is 2. The van der Waals surface area contributed by atoms with E-state index in [1.54, 1.807) is 12.1 Å². The molecule has 0 unspecified atom stereocenters. The molecular formula is C26H28Cl2N6O2S. The number of rotatable bonds is 6. The van der Waals surface area contributed by atoms with Crippen LogP contribution in [0.3, 0.4) is 0 Å². The SMILES string of the molecule is CC(C)(C)c1ccc(-n2nnnc2SCC(=O)Nc2ccc(C#CCN3CCOCC3)cc2Cl)c(Cl)c1. The van der Waals surface area contributed by atoms with Crippen LogP contribution in [0.1, 0.15) is 31.9 Å². The van der Waals surface area contributed by atoms with Gasteiger partial charge >= 0.3 is 0 Å². The number of morpholine rings is 1. The summed E-state index contributed by atoms with van der Waals surface area (Å²) in [6.45, 7) is 10.3. The predicted molar refractivity (Wildman–Crippen MR) is 148 cm³/mol. The second-order valence-corrected chi connectivity index (χ2v) is 11.3. The zero-order valence-electron chi connectivity index (χ0n) is 20.9. The first-order chi connectivity index (χ1) is 17.7. The molecule has 4 rings (SSSR count). The molecule has 1 fully saturated rings. The molecule has 37 heavy (non-hydrogen) atoms. The van der Waals surface area contributed by atoms with E-state index in [4.69, 9.17) is 27.9 Å². The Balaban J connectivity index is 1.34. The fourth-order valence-electron chi connectivity index (χ4n) is 3.59. The lowest BCUT2D eigenvalue weighted by Gasteiger charge is -2.24. The second kappa shape index (κ2) is 12.3. The van der Waals surface area contributed by atoms with E-state index in [1.165, 1.54) is 16.4 Å². The van der Waals surface area contributed by atoms with Crippen LogP contribution in [0.25, 0.3) is 5.69 Å². The number of carbonyl (C=O) groups is 1. The van der Waals surface area contributed by atoms with E-state index in [0.717, 1.165) is 37.4 Å². The van der Waals surface area contributed by atoms with Crippen LogP contribution in [-0.4, -0.2) is 69.6 Å². The normalized spacial score (nSPS) is 14.2. The molecule has 2 aromatic carbocycles. The molecule has 0 atom stereocenters. The minimum absolute atomic E-state index is 0.0343. The van der Waals surface area contributed by atoms with Crippen molar-refractivity contribution in [2.75, 3.05) is 43.9 Å². The number of tetrazole rings is 1. The van der Waals surface area contributed by atoms with Gasteiger partial charge in [0.2, 0.25) is 11.1 Å². The van der Waals surface area contributed by atoms with Crippen molar-refractivity contribution in [2.24, 2.45) is 0 Å². The maximum Gasteiger partial charge on any atom is 0.234 e. The van der Waals surface area contributed by atoms with Crippen LogP contribution in [0, 0.1) is 11.8 Å². The number of nitrogens with one attached hydrogen (secondary N) is 1. The van der Waals surface area contributed by atoms with Crippen molar-refractivity contribution in [3.63, 3.8) is 0 Å². The Kier molecular flexibility index (Phi) is 9.11. The molecule has 0 aliphatic carbocycles. The molecule has 1 N–H and O–H groups in total. The minimum atomic E-state index is -0.234. The fraction of sp³-hybridized carbons (Fsp3) is 0.385. The average molecular weight is 560 g/mol. The molecule has 11 heteroatoms. The van der Waals surface area contributed by atoms with Gasteiger partial charge in [0.25, 0.3) is 0 Å². The zero-order valence-corrected chi connectivity index (χ0v) is 23.3. The highest BCUT2D eigenvalue weighted by Crippen LogP contribution is 2.30. The van der Waals surface area contributed by atoms with E-state index in [1.807, 2.05) is 24.3 Å². The number of anilines is 1. The van der Waals surface area contributed by atoms with Crippen molar-refractivity contribution < 1.29 is 9.53 Å². The Morgan fingerprint density at radius 3 is 2.62 bits per heavy atom. The number of ether oxygens (including phenoxy) is 1. The lowest BCUT2D eigenvalue weighted by molar-refractivity contribution is -0.113. The summed E-state index contributed by atoms with van der Waals surface area (Å²) in [7, 11) is 0. The highest BCUT2D eigenvalue weighted by Gasteiger charge is 2.18. The molecule has 1 saturated heterocycles. The number of hydrogen-bond acceptors (Lipinski definition) is 7. The fourth-order valence-corrected chi connectivity index (χ4v) is 4.76. The molecule has 1 amide bonds. The van der Waals surface area contributed by atoms with Crippen LogP contribution in [0.5, 0.6) is 0 Å². The summed E-state index contributed by atoms with van der Waals surface area (Å²) in [4.78, 5) is 14.9. The monoisotopic (exact) mass is 558 g/mol. The third-order valence-electron chi connectivity index (χ3n) is 5.70. The molecule has 0 spiro atoms. The Bertz CT molecular complexity index is 1320. The first-order valence-corrected chi connectivity index (χ1v) is 13.5. The van der Waals surface area contributed by atoms with E-state index >= 15 is 0 Å². The van der Waals surface area contributed by atoms with Gasteiger partial charge < -0.3 is 10.1 Å². The van der Waals surface area contributed by atoms with Gasteiger partial charge in [0.05, 0.1) is 46.9 Å². The van der Waals surface area contributed by atoms with Crippen LogP contribution in [0.4, 0.5) is 5.69 Å². The van der Waals surface area contributed by atoms with Gasteiger partial charge in [-0.25, -0.2) is 0 Å². The number of aromatic nitrogens is 4. The average Bonchev–Trinajstić information content (AvgIpc) is 3.33. The Morgan fingerprint density at radius 1 is 1.14 bits per heavy atom. The van der Waals surface area contributed by atoms with E-state index < -0.39 is 0 Å². The van der Waals surface area contributed by atoms with Crippen LogP contribution in [-0.2, 0) is 14.9 Å². The summed E-state index contributed by atoms with van der Waals surface area (Å²) in [6.07, 6.45) is 0. The van der Waals surface area contributed by atoms with Crippen LogP contribution < -0.4 is 5.32 Å². The quantitative estimate of drug-likeness (QED) is 0.347. The molecule has 8 nitrogen and oxygen atoms in total. The summed E-state index contributed by atoms with van der Waals surface area (Å²) in [6, 6.07) is 11.1. The Hall–Kier alpha value is -2.61. The molecule has 0 saturated carbocycles. The number of carbonyl (C=O) groups excluding carboxylic acids is 1. The van der Waals surface area contributed by atoms with Gasteiger partial charge in [-0.2, -0.15) is 4.68 Å². The summed E-state index contributed by atoms with van der Waals surface area (Å²) < 4.78 is 6.88. The molecule has 0 bridgehead atoms. The van der Waals surface area contributed by atoms with Crippen LogP contribution in [0.15, 0.2) is 41.6 Å². The summed E-state index contributed by atoms with van der Waals surface area (Å²) >= 11 is 14.1. The maximum absolute atomic E-state index is 12.6. The van der Waals surface area contributed by atoms with Crippen molar-refractivity contribution in [2.45, 2.75) is 31.3 Å². The van der Waals surface area contributed by atoms with E-state index in [2.05, 4.69) is 58.4 Å². The van der Waals surface area contributed by atoms with Gasteiger partial charge in [0.15, 0.2) is 0 Å². The smallest absolute Gasteiger partial charge is 0.234 e. The lowest BCUT2D eigenvalue weighted by Crippen LogP contribution is -2.36. The number of halogens is 2. The number of amides is 1.